The molecular formula is C14H19F3N2O. The molecule has 3 nitrogen and oxygen atoms in total. The van der Waals surface area contributed by atoms with Gasteiger partial charge in [0.1, 0.15) is 0 Å². The Bertz CT molecular complexity index is 466. The SMILES string of the molecule is CC(NC(=O)C(C)(C)CN)c1ccc(C(F)(F)F)cc1. The van der Waals surface area contributed by atoms with Gasteiger partial charge in [0.2, 0.25) is 5.91 Å². The third-order valence-corrected chi connectivity index (χ3v) is 3.21. The van der Waals surface area contributed by atoms with E-state index in [1.807, 2.05) is 0 Å². The molecule has 0 fully saturated rings. The van der Waals surface area contributed by atoms with E-state index < -0.39 is 17.2 Å². The number of amides is 1. The Morgan fingerprint density at radius 1 is 1.25 bits per heavy atom. The van der Waals surface area contributed by atoms with E-state index >= 15 is 0 Å². The molecule has 0 aliphatic carbocycles. The number of carbonyl (C=O) groups excluding carboxylic acids is 1. The Kier molecular flexibility index (Phi) is 4.81. The lowest BCUT2D eigenvalue weighted by atomic mass is 9.92. The monoisotopic (exact) mass is 288 g/mol. The van der Waals surface area contributed by atoms with E-state index in [9.17, 15) is 18.0 Å². The van der Waals surface area contributed by atoms with Crippen molar-refractivity contribution < 1.29 is 18.0 Å². The minimum absolute atomic E-state index is 0.193. The zero-order valence-corrected chi connectivity index (χ0v) is 11.7. The smallest absolute Gasteiger partial charge is 0.349 e. The van der Waals surface area contributed by atoms with Crippen molar-refractivity contribution in [3.05, 3.63) is 35.4 Å². The number of hydrogen-bond acceptors (Lipinski definition) is 2. The lowest BCUT2D eigenvalue weighted by Gasteiger charge is -2.24. The fraction of sp³-hybridized carbons (Fsp3) is 0.500. The van der Waals surface area contributed by atoms with E-state index in [0.29, 0.717) is 5.56 Å². The number of nitrogens with two attached hydrogens (primary N) is 1. The molecule has 1 aromatic rings. The summed E-state index contributed by atoms with van der Waals surface area (Å²) >= 11 is 0. The molecule has 1 aromatic carbocycles. The molecule has 0 radical (unpaired) electrons. The van der Waals surface area contributed by atoms with Gasteiger partial charge in [-0.1, -0.05) is 12.1 Å². The van der Waals surface area contributed by atoms with Gasteiger partial charge < -0.3 is 11.1 Å². The second-order valence-corrected chi connectivity index (χ2v) is 5.40. The first-order valence-electron chi connectivity index (χ1n) is 6.26. The van der Waals surface area contributed by atoms with E-state index in [1.165, 1.54) is 12.1 Å². The molecule has 1 amide bonds. The third-order valence-electron chi connectivity index (χ3n) is 3.21. The molecule has 1 unspecified atom stereocenters. The van der Waals surface area contributed by atoms with Crippen LogP contribution in [0.15, 0.2) is 24.3 Å². The van der Waals surface area contributed by atoms with Crippen LogP contribution in [0.3, 0.4) is 0 Å². The minimum atomic E-state index is -4.35. The number of alkyl halides is 3. The number of nitrogens with one attached hydrogen (secondary N) is 1. The van der Waals surface area contributed by atoms with Crippen LogP contribution in [0.5, 0.6) is 0 Å². The van der Waals surface area contributed by atoms with Gasteiger partial charge in [-0.25, -0.2) is 0 Å². The predicted molar refractivity (Wildman–Crippen MR) is 70.8 cm³/mol. The van der Waals surface area contributed by atoms with Crippen LogP contribution < -0.4 is 11.1 Å². The molecule has 112 valence electrons. The van der Waals surface area contributed by atoms with Crippen LogP contribution in [0, 0.1) is 5.41 Å². The second-order valence-electron chi connectivity index (χ2n) is 5.40. The maximum atomic E-state index is 12.4. The highest BCUT2D eigenvalue weighted by Gasteiger charge is 2.30. The van der Waals surface area contributed by atoms with E-state index in [4.69, 9.17) is 5.73 Å². The summed E-state index contributed by atoms with van der Waals surface area (Å²) < 4.78 is 37.3. The third kappa shape index (κ3) is 3.96. The number of hydrogen-bond donors (Lipinski definition) is 2. The molecule has 0 saturated carbocycles. The van der Waals surface area contributed by atoms with Gasteiger partial charge in [-0.15, -0.1) is 0 Å². The Hall–Kier alpha value is -1.56. The highest BCUT2D eigenvalue weighted by atomic mass is 19.4. The summed E-state index contributed by atoms with van der Waals surface area (Å²) in [5.74, 6) is -0.229. The first-order valence-corrected chi connectivity index (χ1v) is 6.26. The fourth-order valence-corrected chi connectivity index (χ4v) is 1.53. The first kappa shape index (κ1) is 16.5. The quantitative estimate of drug-likeness (QED) is 0.895. The van der Waals surface area contributed by atoms with Crippen molar-refractivity contribution in [3.8, 4) is 0 Å². The van der Waals surface area contributed by atoms with Gasteiger partial charge in [0.25, 0.3) is 0 Å². The molecule has 0 aliphatic heterocycles. The van der Waals surface area contributed by atoms with Crippen molar-refractivity contribution in [2.24, 2.45) is 11.1 Å². The zero-order chi connectivity index (χ0) is 15.6. The molecule has 0 saturated heterocycles. The van der Waals surface area contributed by atoms with Crippen LogP contribution in [0.2, 0.25) is 0 Å². The summed E-state index contributed by atoms with van der Waals surface area (Å²) in [6.45, 7) is 5.33. The fourth-order valence-electron chi connectivity index (χ4n) is 1.53. The summed E-state index contributed by atoms with van der Waals surface area (Å²) in [6.07, 6.45) is -4.35. The van der Waals surface area contributed by atoms with Gasteiger partial charge >= 0.3 is 6.18 Å². The summed E-state index contributed by atoms with van der Waals surface area (Å²) in [4.78, 5) is 11.9. The number of benzene rings is 1. The largest absolute Gasteiger partial charge is 0.416 e. The van der Waals surface area contributed by atoms with Gasteiger partial charge in [-0.05, 0) is 38.5 Å². The minimum Gasteiger partial charge on any atom is -0.349 e. The summed E-state index contributed by atoms with van der Waals surface area (Å²) in [6, 6.07) is 4.36. The van der Waals surface area contributed by atoms with Crippen LogP contribution in [-0.2, 0) is 11.0 Å². The lowest BCUT2D eigenvalue weighted by molar-refractivity contribution is -0.137. The molecular weight excluding hydrogens is 269 g/mol. The average molecular weight is 288 g/mol. The molecule has 0 heterocycles. The van der Waals surface area contributed by atoms with Crippen LogP contribution in [0.1, 0.15) is 37.9 Å². The van der Waals surface area contributed by atoms with Crippen molar-refractivity contribution in [1.29, 1.82) is 0 Å². The maximum Gasteiger partial charge on any atom is 0.416 e. The standard InChI is InChI=1S/C14H19F3N2O/c1-9(19-12(20)13(2,3)8-18)10-4-6-11(7-5-10)14(15,16)17/h4-7,9H,8,18H2,1-3H3,(H,19,20). The van der Waals surface area contributed by atoms with Gasteiger partial charge in [0.15, 0.2) is 0 Å². The number of rotatable bonds is 4. The van der Waals surface area contributed by atoms with Gasteiger partial charge in [-0.2, -0.15) is 13.2 Å². The van der Waals surface area contributed by atoms with E-state index in [2.05, 4.69) is 5.32 Å². The molecule has 3 N–H and O–H groups in total. The maximum absolute atomic E-state index is 12.4. The number of carbonyl (C=O) groups is 1. The molecule has 0 bridgehead atoms. The Balaban J connectivity index is 2.79. The molecule has 0 aliphatic rings. The second kappa shape index (κ2) is 5.83. The summed E-state index contributed by atoms with van der Waals surface area (Å²) in [5, 5.41) is 2.75. The van der Waals surface area contributed by atoms with Crippen molar-refractivity contribution in [3.63, 3.8) is 0 Å². The van der Waals surface area contributed by atoms with Crippen molar-refractivity contribution in [2.45, 2.75) is 33.0 Å². The molecule has 1 atom stereocenters. The van der Waals surface area contributed by atoms with E-state index in [1.54, 1.807) is 20.8 Å². The molecule has 6 heteroatoms. The number of halogens is 3. The van der Waals surface area contributed by atoms with Crippen molar-refractivity contribution in [1.82, 2.24) is 5.32 Å². The topological polar surface area (TPSA) is 55.1 Å². The highest BCUT2D eigenvalue weighted by Crippen LogP contribution is 2.30. The Morgan fingerprint density at radius 2 is 1.75 bits per heavy atom. The van der Waals surface area contributed by atoms with E-state index in [0.717, 1.165) is 12.1 Å². The van der Waals surface area contributed by atoms with E-state index in [-0.39, 0.29) is 18.5 Å². The zero-order valence-electron chi connectivity index (χ0n) is 11.7. The molecule has 0 aromatic heterocycles. The van der Waals surface area contributed by atoms with Crippen LogP contribution in [0.4, 0.5) is 13.2 Å². The highest BCUT2D eigenvalue weighted by molar-refractivity contribution is 5.82. The predicted octanol–water partition coefficient (Wildman–Crippen LogP) is 2.87. The van der Waals surface area contributed by atoms with Crippen LogP contribution in [-0.4, -0.2) is 12.5 Å². The molecule has 0 spiro atoms. The Labute approximate surface area is 116 Å². The lowest BCUT2D eigenvalue weighted by Crippen LogP contribution is -2.42. The van der Waals surface area contributed by atoms with Crippen LogP contribution >= 0.6 is 0 Å². The van der Waals surface area contributed by atoms with Gasteiger partial charge in [0.05, 0.1) is 17.0 Å². The van der Waals surface area contributed by atoms with Crippen LogP contribution in [0.25, 0.3) is 0 Å². The van der Waals surface area contributed by atoms with Gasteiger partial charge in [0, 0.05) is 6.54 Å². The van der Waals surface area contributed by atoms with Crippen molar-refractivity contribution in [2.75, 3.05) is 6.54 Å². The average Bonchev–Trinajstić information content (AvgIpc) is 2.37. The normalized spacial score (nSPS) is 13.9. The summed E-state index contributed by atoms with van der Waals surface area (Å²) in [7, 11) is 0. The Morgan fingerprint density at radius 3 is 2.15 bits per heavy atom. The summed E-state index contributed by atoms with van der Waals surface area (Å²) in [5.41, 5.74) is 4.70. The van der Waals surface area contributed by atoms with Gasteiger partial charge in [-0.3, -0.25) is 4.79 Å². The molecule has 20 heavy (non-hydrogen) atoms. The first-order chi connectivity index (χ1) is 9.08. The molecule has 1 rings (SSSR count). The van der Waals surface area contributed by atoms with Crippen molar-refractivity contribution >= 4 is 5.91 Å².